The van der Waals surface area contributed by atoms with E-state index in [1.165, 1.54) is 0 Å². The Hall–Kier alpha value is -3.12. The molecule has 2 N–H and O–H groups in total. The van der Waals surface area contributed by atoms with Gasteiger partial charge in [-0.1, -0.05) is 78.9 Å². The first-order valence-corrected chi connectivity index (χ1v) is 11.7. The number of para-hydroxylation sites is 1. The Labute approximate surface area is 178 Å². The van der Waals surface area contributed by atoms with Crippen LogP contribution in [0.25, 0.3) is 0 Å². The SMILES string of the molecule is CC(NC(=O)Cc1ccccc1NS(C)(=O)=O)C(c1ccccc1)c1ccccc1. The lowest BCUT2D eigenvalue weighted by atomic mass is 9.85. The second-order valence-corrected chi connectivity index (χ2v) is 9.11. The van der Waals surface area contributed by atoms with E-state index >= 15 is 0 Å². The van der Waals surface area contributed by atoms with Gasteiger partial charge in [0.05, 0.1) is 18.4 Å². The van der Waals surface area contributed by atoms with Gasteiger partial charge in [-0.05, 0) is 29.7 Å². The summed E-state index contributed by atoms with van der Waals surface area (Å²) < 4.78 is 25.7. The minimum atomic E-state index is -3.43. The highest BCUT2D eigenvalue weighted by Gasteiger charge is 2.23. The molecule has 5 nitrogen and oxygen atoms in total. The van der Waals surface area contributed by atoms with Crippen LogP contribution in [0.3, 0.4) is 0 Å². The van der Waals surface area contributed by atoms with Gasteiger partial charge in [0, 0.05) is 12.0 Å². The van der Waals surface area contributed by atoms with Gasteiger partial charge in [0.2, 0.25) is 15.9 Å². The molecule has 0 heterocycles. The Morgan fingerprint density at radius 3 is 1.87 bits per heavy atom. The molecule has 0 bridgehead atoms. The van der Waals surface area contributed by atoms with Crippen LogP contribution >= 0.6 is 0 Å². The van der Waals surface area contributed by atoms with Crippen LogP contribution in [-0.4, -0.2) is 26.6 Å². The van der Waals surface area contributed by atoms with Crippen molar-refractivity contribution in [3.63, 3.8) is 0 Å². The van der Waals surface area contributed by atoms with Crippen molar-refractivity contribution in [2.75, 3.05) is 11.0 Å². The van der Waals surface area contributed by atoms with E-state index in [1.54, 1.807) is 24.3 Å². The van der Waals surface area contributed by atoms with Gasteiger partial charge in [-0.2, -0.15) is 0 Å². The molecule has 6 heteroatoms. The Morgan fingerprint density at radius 2 is 1.33 bits per heavy atom. The van der Waals surface area contributed by atoms with E-state index < -0.39 is 10.0 Å². The maximum Gasteiger partial charge on any atom is 0.229 e. The number of benzene rings is 3. The predicted octanol–water partition coefficient (Wildman–Crippen LogP) is 3.94. The molecular formula is C24H26N2O3S. The van der Waals surface area contributed by atoms with Gasteiger partial charge >= 0.3 is 0 Å². The number of hydrogen-bond acceptors (Lipinski definition) is 3. The number of hydrogen-bond donors (Lipinski definition) is 2. The Morgan fingerprint density at radius 1 is 0.833 bits per heavy atom. The van der Waals surface area contributed by atoms with Crippen molar-refractivity contribution >= 4 is 21.6 Å². The molecule has 0 radical (unpaired) electrons. The highest BCUT2D eigenvalue weighted by Crippen LogP contribution is 2.28. The van der Waals surface area contributed by atoms with E-state index in [0.717, 1.165) is 17.4 Å². The summed E-state index contributed by atoms with van der Waals surface area (Å²) in [5.41, 5.74) is 3.29. The number of nitrogens with one attached hydrogen (secondary N) is 2. The maximum atomic E-state index is 12.8. The lowest BCUT2D eigenvalue weighted by Crippen LogP contribution is -2.38. The quantitative estimate of drug-likeness (QED) is 0.577. The fourth-order valence-electron chi connectivity index (χ4n) is 3.63. The molecule has 3 aromatic rings. The number of sulfonamides is 1. The summed E-state index contributed by atoms with van der Waals surface area (Å²) >= 11 is 0. The van der Waals surface area contributed by atoms with Crippen molar-refractivity contribution < 1.29 is 13.2 Å². The zero-order chi connectivity index (χ0) is 21.6. The van der Waals surface area contributed by atoms with E-state index in [4.69, 9.17) is 0 Å². The fourth-order valence-corrected chi connectivity index (χ4v) is 4.22. The van der Waals surface area contributed by atoms with Crippen LogP contribution in [0.15, 0.2) is 84.9 Å². The van der Waals surface area contributed by atoms with E-state index in [9.17, 15) is 13.2 Å². The molecule has 3 rings (SSSR count). The molecular weight excluding hydrogens is 396 g/mol. The van der Waals surface area contributed by atoms with Gasteiger partial charge in [0.25, 0.3) is 0 Å². The number of carbonyl (C=O) groups excluding carboxylic acids is 1. The van der Waals surface area contributed by atoms with Crippen LogP contribution in [-0.2, 0) is 21.2 Å². The molecule has 1 unspecified atom stereocenters. The van der Waals surface area contributed by atoms with Crippen LogP contribution in [0.5, 0.6) is 0 Å². The molecule has 0 aliphatic carbocycles. The van der Waals surface area contributed by atoms with Crippen molar-refractivity contribution in [2.45, 2.75) is 25.3 Å². The van der Waals surface area contributed by atoms with Gasteiger partial charge in [0.1, 0.15) is 0 Å². The average Bonchev–Trinajstić information content (AvgIpc) is 2.70. The molecule has 156 valence electrons. The fraction of sp³-hybridized carbons (Fsp3) is 0.208. The van der Waals surface area contributed by atoms with Gasteiger partial charge in [-0.15, -0.1) is 0 Å². The summed E-state index contributed by atoms with van der Waals surface area (Å²) in [4.78, 5) is 12.8. The van der Waals surface area contributed by atoms with Crippen LogP contribution in [0.1, 0.15) is 29.5 Å². The number of anilines is 1. The average molecular weight is 423 g/mol. The molecule has 0 saturated carbocycles. The summed E-state index contributed by atoms with van der Waals surface area (Å²) in [6.45, 7) is 1.99. The Balaban J connectivity index is 1.79. The smallest absolute Gasteiger partial charge is 0.229 e. The summed E-state index contributed by atoms with van der Waals surface area (Å²) in [5, 5.41) is 3.10. The third-order valence-corrected chi connectivity index (χ3v) is 5.46. The summed E-state index contributed by atoms with van der Waals surface area (Å²) in [6.07, 6.45) is 1.18. The van der Waals surface area contributed by atoms with Crippen LogP contribution < -0.4 is 10.0 Å². The third kappa shape index (κ3) is 5.94. The Bertz CT molecular complexity index is 1040. The molecule has 0 aliphatic heterocycles. The van der Waals surface area contributed by atoms with Crippen molar-refractivity contribution in [1.29, 1.82) is 0 Å². The van der Waals surface area contributed by atoms with E-state index in [2.05, 4.69) is 34.3 Å². The Kier molecular flexibility index (Phi) is 6.90. The van der Waals surface area contributed by atoms with Gasteiger partial charge in [-0.25, -0.2) is 8.42 Å². The summed E-state index contributed by atoms with van der Waals surface area (Å²) in [7, 11) is -3.43. The normalized spacial score (nSPS) is 12.4. The van der Waals surface area contributed by atoms with E-state index in [1.807, 2.05) is 43.3 Å². The van der Waals surface area contributed by atoms with Crippen LogP contribution in [0.4, 0.5) is 5.69 Å². The highest BCUT2D eigenvalue weighted by atomic mass is 32.2. The van der Waals surface area contributed by atoms with Crippen molar-refractivity contribution in [2.24, 2.45) is 0 Å². The summed E-state index contributed by atoms with van der Waals surface area (Å²) in [5.74, 6) is -0.164. The second kappa shape index (κ2) is 9.59. The molecule has 1 amide bonds. The zero-order valence-electron chi connectivity index (χ0n) is 17.1. The predicted molar refractivity (Wildman–Crippen MR) is 121 cm³/mol. The van der Waals surface area contributed by atoms with Crippen LogP contribution in [0.2, 0.25) is 0 Å². The molecule has 1 atom stereocenters. The number of amides is 1. The minimum Gasteiger partial charge on any atom is -0.352 e. The highest BCUT2D eigenvalue weighted by molar-refractivity contribution is 7.92. The molecule has 0 aromatic heterocycles. The van der Waals surface area contributed by atoms with Crippen LogP contribution in [0, 0.1) is 0 Å². The lowest BCUT2D eigenvalue weighted by Gasteiger charge is -2.26. The van der Waals surface area contributed by atoms with Gasteiger partial charge < -0.3 is 5.32 Å². The lowest BCUT2D eigenvalue weighted by molar-refractivity contribution is -0.121. The summed E-state index contributed by atoms with van der Waals surface area (Å²) in [6, 6.07) is 26.9. The zero-order valence-corrected chi connectivity index (χ0v) is 17.9. The van der Waals surface area contributed by atoms with Crippen molar-refractivity contribution in [1.82, 2.24) is 5.32 Å². The van der Waals surface area contributed by atoms with Crippen molar-refractivity contribution in [3.8, 4) is 0 Å². The van der Waals surface area contributed by atoms with Gasteiger partial charge in [0.15, 0.2) is 0 Å². The van der Waals surface area contributed by atoms with Gasteiger partial charge in [-0.3, -0.25) is 9.52 Å². The molecule has 0 saturated heterocycles. The monoisotopic (exact) mass is 422 g/mol. The molecule has 0 fully saturated rings. The first-order valence-electron chi connectivity index (χ1n) is 9.78. The molecule has 30 heavy (non-hydrogen) atoms. The standard InChI is InChI=1S/C24H26N2O3S/c1-18(24(19-11-5-3-6-12-19)20-13-7-4-8-14-20)25-23(27)17-21-15-9-10-16-22(21)26-30(2,28)29/h3-16,18,24,26H,17H2,1-2H3,(H,25,27). The number of rotatable bonds is 8. The van der Waals surface area contributed by atoms with Crippen molar-refractivity contribution in [3.05, 3.63) is 102 Å². The topological polar surface area (TPSA) is 75.3 Å². The maximum absolute atomic E-state index is 12.8. The molecule has 0 aliphatic rings. The van der Waals surface area contributed by atoms with E-state index in [0.29, 0.717) is 11.3 Å². The largest absolute Gasteiger partial charge is 0.352 e. The third-order valence-electron chi connectivity index (χ3n) is 4.87. The number of carbonyl (C=O) groups is 1. The first-order chi connectivity index (χ1) is 14.3. The second-order valence-electron chi connectivity index (χ2n) is 7.36. The minimum absolute atomic E-state index is 0.000684. The molecule has 3 aromatic carbocycles. The molecule has 0 spiro atoms. The first kappa shape index (κ1) is 21.6. The van der Waals surface area contributed by atoms with E-state index in [-0.39, 0.29) is 24.3 Å².